The second-order valence-electron chi connectivity index (χ2n) is 7.42. The summed E-state index contributed by atoms with van der Waals surface area (Å²) in [6.07, 6.45) is 1.40. The number of benzene rings is 2. The normalized spacial score (nSPS) is 10.5. The van der Waals surface area contributed by atoms with E-state index in [1.54, 1.807) is 42.5 Å². The molecule has 0 radical (unpaired) electrons. The summed E-state index contributed by atoms with van der Waals surface area (Å²) in [6, 6.07) is 15.2. The van der Waals surface area contributed by atoms with Gasteiger partial charge in [0, 0.05) is 22.3 Å². The van der Waals surface area contributed by atoms with Gasteiger partial charge in [0.05, 0.1) is 22.5 Å². The fourth-order valence-electron chi connectivity index (χ4n) is 3.14. The zero-order valence-corrected chi connectivity index (χ0v) is 19.3. The third-order valence-corrected chi connectivity index (χ3v) is 5.64. The molecule has 2 heterocycles. The van der Waals surface area contributed by atoms with Crippen molar-refractivity contribution < 1.29 is 23.5 Å². The number of ether oxygens (including phenoxy) is 1. The molecule has 2 amide bonds. The number of hydrogen-bond acceptors (Lipinski definition) is 7. The van der Waals surface area contributed by atoms with Gasteiger partial charge in [-0.25, -0.2) is 9.78 Å². The first-order chi connectivity index (χ1) is 16.4. The lowest BCUT2D eigenvalue weighted by Gasteiger charge is -2.10. The number of furan rings is 1. The maximum atomic E-state index is 12.5. The van der Waals surface area contributed by atoms with E-state index in [0.717, 1.165) is 21.8 Å². The van der Waals surface area contributed by atoms with Crippen molar-refractivity contribution in [2.24, 2.45) is 0 Å². The minimum atomic E-state index is -0.685. The number of nitrogens with zero attached hydrogens (tertiary/aromatic N) is 1. The van der Waals surface area contributed by atoms with E-state index in [2.05, 4.69) is 15.6 Å². The molecule has 0 saturated carbocycles. The number of carbonyl (C=O) groups is 3. The van der Waals surface area contributed by atoms with Crippen molar-refractivity contribution in [3.8, 4) is 11.3 Å². The van der Waals surface area contributed by atoms with E-state index in [1.165, 1.54) is 18.4 Å². The summed E-state index contributed by atoms with van der Waals surface area (Å²) < 4.78 is 10.2. The number of nitrogens with one attached hydrogen (secondary N) is 2. The Balaban J connectivity index is 1.35. The van der Waals surface area contributed by atoms with E-state index in [1.807, 2.05) is 30.5 Å². The number of carbonyl (C=O) groups excluding carboxylic acids is 3. The number of esters is 1. The van der Waals surface area contributed by atoms with Gasteiger partial charge >= 0.3 is 5.97 Å². The molecule has 0 aliphatic heterocycles. The molecule has 0 unspecified atom stereocenters. The number of rotatable bonds is 7. The zero-order chi connectivity index (χ0) is 24.1. The summed E-state index contributed by atoms with van der Waals surface area (Å²) in [5.74, 6) is -1.44. The molecule has 2 aromatic carbocycles. The van der Waals surface area contributed by atoms with E-state index in [4.69, 9.17) is 9.15 Å². The lowest BCUT2D eigenvalue weighted by atomic mass is 10.1. The second-order valence-corrected chi connectivity index (χ2v) is 8.48. The summed E-state index contributed by atoms with van der Waals surface area (Å²) >= 11 is 1.55. The standard InChI is InChI=1S/C25H21N3O5S/c1-15-8-9-18(12-20(15)28-24(30)22-7-4-10-32-22)25(31)33-13-23(29)27-19-6-3-5-17(11-19)21-14-34-16(2)26-21/h3-12,14H,13H2,1-2H3,(H,27,29)(H,28,30). The van der Waals surface area contributed by atoms with Crippen LogP contribution in [0.3, 0.4) is 0 Å². The van der Waals surface area contributed by atoms with Crippen molar-refractivity contribution in [2.75, 3.05) is 17.2 Å². The SMILES string of the molecule is Cc1nc(-c2cccc(NC(=O)COC(=O)c3ccc(C)c(NC(=O)c4ccco4)c3)c2)cs1. The summed E-state index contributed by atoms with van der Waals surface area (Å²) in [7, 11) is 0. The highest BCUT2D eigenvalue weighted by Crippen LogP contribution is 2.24. The Morgan fingerprint density at radius 1 is 1.03 bits per heavy atom. The fraction of sp³-hybridized carbons (Fsp3) is 0.120. The van der Waals surface area contributed by atoms with Gasteiger partial charge in [0.25, 0.3) is 11.8 Å². The predicted octanol–water partition coefficient (Wildman–Crippen LogP) is 5.07. The van der Waals surface area contributed by atoms with Gasteiger partial charge in [-0.05, 0) is 55.8 Å². The van der Waals surface area contributed by atoms with Gasteiger partial charge in [0.1, 0.15) is 0 Å². The van der Waals surface area contributed by atoms with Crippen LogP contribution in [0.5, 0.6) is 0 Å². The molecule has 0 spiro atoms. The van der Waals surface area contributed by atoms with Crippen molar-refractivity contribution in [1.82, 2.24) is 4.98 Å². The molecule has 172 valence electrons. The molecule has 0 aliphatic carbocycles. The van der Waals surface area contributed by atoms with Crippen molar-refractivity contribution in [1.29, 1.82) is 0 Å². The van der Waals surface area contributed by atoms with Gasteiger partial charge in [-0.3, -0.25) is 9.59 Å². The van der Waals surface area contributed by atoms with Crippen LogP contribution in [0.25, 0.3) is 11.3 Å². The smallest absolute Gasteiger partial charge is 0.338 e. The summed E-state index contributed by atoms with van der Waals surface area (Å²) in [4.78, 5) is 41.5. The highest BCUT2D eigenvalue weighted by molar-refractivity contribution is 7.09. The molecular formula is C25H21N3O5S. The lowest BCUT2D eigenvalue weighted by molar-refractivity contribution is -0.119. The van der Waals surface area contributed by atoms with Crippen molar-refractivity contribution in [2.45, 2.75) is 13.8 Å². The first-order valence-electron chi connectivity index (χ1n) is 10.3. The molecule has 0 fully saturated rings. The van der Waals surface area contributed by atoms with Gasteiger partial charge < -0.3 is 19.8 Å². The average Bonchev–Trinajstić information content (AvgIpc) is 3.51. The van der Waals surface area contributed by atoms with Crippen LogP contribution >= 0.6 is 11.3 Å². The molecule has 4 aromatic rings. The minimum absolute atomic E-state index is 0.151. The Morgan fingerprint density at radius 2 is 1.88 bits per heavy atom. The van der Waals surface area contributed by atoms with Crippen LogP contribution in [0.2, 0.25) is 0 Å². The van der Waals surface area contributed by atoms with Crippen LogP contribution in [0.15, 0.2) is 70.7 Å². The molecule has 34 heavy (non-hydrogen) atoms. The molecule has 2 N–H and O–H groups in total. The number of anilines is 2. The molecule has 2 aromatic heterocycles. The summed E-state index contributed by atoms with van der Waals surface area (Å²) in [6.45, 7) is 3.26. The van der Waals surface area contributed by atoms with Crippen LogP contribution in [-0.4, -0.2) is 29.4 Å². The first kappa shape index (κ1) is 22.9. The van der Waals surface area contributed by atoms with Gasteiger partial charge in [-0.15, -0.1) is 11.3 Å². The Kier molecular flexibility index (Phi) is 6.84. The number of hydrogen-bond donors (Lipinski definition) is 2. The van der Waals surface area contributed by atoms with Crippen LogP contribution in [0, 0.1) is 13.8 Å². The molecule has 0 bridgehead atoms. The summed E-state index contributed by atoms with van der Waals surface area (Å²) in [5, 5.41) is 8.33. The number of amides is 2. The van der Waals surface area contributed by atoms with Crippen LogP contribution in [0.1, 0.15) is 31.5 Å². The van der Waals surface area contributed by atoms with E-state index < -0.39 is 24.4 Å². The molecule has 9 heteroatoms. The van der Waals surface area contributed by atoms with Crippen molar-refractivity contribution in [3.05, 3.63) is 88.1 Å². The van der Waals surface area contributed by atoms with Crippen LogP contribution in [0.4, 0.5) is 11.4 Å². The molecule has 0 aliphatic rings. The van der Waals surface area contributed by atoms with E-state index in [0.29, 0.717) is 11.4 Å². The van der Waals surface area contributed by atoms with Gasteiger partial charge in [0.15, 0.2) is 12.4 Å². The van der Waals surface area contributed by atoms with Gasteiger partial charge in [-0.1, -0.05) is 18.2 Å². The largest absolute Gasteiger partial charge is 0.459 e. The summed E-state index contributed by atoms with van der Waals surface area (Å²) in [5.41, 5.74) is 3.68. The zero-order valence-electron chi connectivity index (χ0n) is 18.5. The highest BCUT2D eigenvalue weighted by atomic mass is 32.1. The molecule has 8 nitrogen and oxygen atoms in total. The Bertz CT molecular complexity index is 1340. The minimum Gasteiger partial charge on any atom is -0.459 e. The lowest BCUT2D eigenvalue weighted by Crippen LogP contribution is -2.21. The second kappa shape index (κ2) is 10.1. The Hall–Kier alpha value is -4.24. The predicted molar refractivity (Wildman–Crippen MR) is 129 cm³/mol. The number of thiazole rings is 1. The third-order valence-electron chi connectivity index (χ3n) is 4.86. The number of aromatic nitrogens is 1. The average molecular weight is 476 g/mol. The maximum Gasteiger partial charge on any atom is 0.338 e. The Labute approximate surface area is 199 Å². The fourth-order valence-corrected chi connectivity index (χ4v) is 3.76. The quantitative estimate of drug-likeness (QED) is 0.361. The van der Waals surface area contributed by atoms with E-state index >= 15 is 0 Å². The van der Waals surface area contributed by atoms with Gasteiger partial charge in [-0.2, -0.15) is 0 Å². The molecule has 4 rings (SSSR count). The first-order valence-corrected chi connectivity index (χ1v) is 11.2. The van der Waals surface area contributed by atoms with Crippen molar-refractivity contribution >= 4 is 40.5 Å². The van der Waals surface area contributed by atoms with Crippen molar-refractivity contribution in [3.63, 3.8) is 0 Å². The topological polar surface area (TPSA) is 111 Å². The monoisotopic (exact) mass is 475 g/mol. The molecular weight excluding hydrogens is 454 g/mol. The van der Waals surface area contributed by atoms with Gasteiger partial charge in [0.2, 0.25) is 0 Å². The van der Waals surface area contributed by atoms with Crippen LogP contribution in [-0.2, 0) is 9.53 Å². The highest BCUT2D eigenvalue weighted by Gasteiger charge is 2.15. The van der Waals surface area contributed by atoms with E-state index in [9.17, 15) is 14.4 Å². The molecule has 0 saturated heterocycles. The molecule has 0 atom stereocenters. The third kappa shape index (κ3) is 5.57. The maximum absolute atomic E-state index is 12.5. The number of aryl methyl sites for hydroxylation is 2. The van der Waals surface area contributed by atoms with E-state index in [-0.39, 0.29) is 11.3 Å². The van der Waals surface area contributed by atoms with Crippen LogP contribution < -0.4 is 10.6 Å². The Morgan fingerprint density at radius 3 is 2.62 bits per heavy atom.